The number of ether oxygens (including phenoxy) is 1. The van der Waals surface area contributed by atoms with Gasteiger partial charge < -0.3 is 24.5 Å². The monoisotopic (exact) mass is 442 g/mol. The fourth-order valence-corrected chi connectivity index (χ4v) is 6.63. The van der Waals surface area contributed by atoms with Crippen molar-refractivity contribution >= 4 is 23.6 Å². The molecule has 2 N–H and O–H groups in total. The second-order valence-electron chi connectivity index (χ2n) is 9.23. The largest absolute Gasteiger partial charge is 0.464 e. The van der Waals surface area contributed by atoms with Crippen molar-refractivity contribution in [2.45, 2.75) is 57.9 Å². The first kappa shape index (κ1) is 25.2. The molecule has 7 nitrogen and oxygen atoms in total. The Labute approximate surface area is 185 Å². The van der Waals surface area contributed by atoms with Gasteiger partial charge in [0.2, 0.25) is 5.91 Å². The Morgan fingerprint density at radius 1 is 1.40 bits per heavy atom. The summed E-state index contributed by atoms with van der Waals surface area (Å²) in [6.45, 7) is 7.54. The maximum absolute atomic E-state index is 12.3. The lowest BCUT2D eigenvalue weighted by molar-refractivity contribution is -0.879. The number of likely N-dealkylation sites (tertiary alicyclic amines) is 1. The van der Waals surface area contributed by atoms with Gasteiger partial charge in [-0.05, 0) is 13.3 Å². The van der Waals surface area contributed by atoms with Gasteiger partial charge in [-0.2, -0.15) is 0 Å². The molecular weight excluding hydrogens is 402 g/mol. The maximum atomic E-state index is 12.3. The molecule has 5 atom stereocenters. The number of aliphatic hydroxyl groups excluding tert-OH is 1. The van der Waals surface area contributed by atoms with Crippen molar-refractivity contribution in [1.82, 2.24) is 10.2 Å². The van der Waals surface area contributed by atoms with E-state index in [2.05, 4.69) is 26.3 Å². The molecule has 0 aromatic rings. The third kappa shape index (κ3) is 4.87. The fourth-order valence-electron chi connectivity index (χ4n) is 5.12. The smallest absolute Gasteiger partial charge is 0.355 e. The topological polar surface area (TPSA) is 78.9 Å². The van der Waals surface area contributed by atoms with E-state index in [1.54, 1.807) is 23.6 Å². The Kier molecular flexibility index (Phi) is 8.41. The second-order valence-corrected chi connectivity index (χ2v) is 10.6. The van der Waals surface area contributed by atoms with E-state index in [1.165, 1.54) is 26.6 Å². The van der Waals surface area contributed by atoms with Crippen LogP contribution in [0.4, 0.5) is 0 Å². The Balaban J connectivity index is 0.000000757. The lowest BCUT2D eigenvalue weighted by atomic mass is 9.94. The number of thioether (sulfide) groups is 1. The average Bonchev–Trinajstić information content (AvgIpc) is 3.32. The number of β-lactam (4-membered cyclic amide) rings is 1. The molecule has 4 aliphatic heterocycles. The van der Waals surface area contributed by atoms with Crippen molar-refractivity contribution in [3.8, 4) is 0 Å². The number of hydrogen-bond donors (Lipinski definition) is 2. The van der Waals surface area contributed by atoms with Crippen LogP contribution in [-0.4, -0.2) is 91.1 Å². The van der Waals surface area contributed by atoms with E-state index in [0.29, 0.717) is 23.4 Å². The number of nitrogens with one attached hydrogen (secondary N) is 1. The van der Waals surface area contributed by atoms with Crippen molar-refractivity contribution < 1.29 is 23.9 Å². The van der Waals surface area contributed by atoms with Gasteiger partial charge in [-0.3, -0.25) is 4.79 Å². The molecule has 1 amide bonds. The lowest BCUT2D eigenvalue weighted by Gasteiger charge is -2.37. The van der Waals surface area contributed by atoms with Gasteiger partial charge in [0.1, 0.15) is 5.70 Å². The van der Waals surface area contributed by atoms with Crippen molar-refractivity contribution in [2.75, 3.05) is 47.4 Å². The van der Waals surface area contributed by atoms with E-state index in [4.69, 9.17) is 9.84 Å². The molecule has 0 saturated carbocycles. The zero-order valence-electron chi connectivity index (χ0n) is 18.3. The molecule has 0 aliphatic carbocycles. The summed E-state index contributed by atoms with van der Waals surface area (Å²) in [5, 5.41) is 11.8. The fraction of sp³-hybridized carbons (Fsp3) is 0.818. The molecule has 4 aliphatic rings. The lowest BCUT2D eigenvalue weighted by Crippen LogP contribution is -2.51. The molecule has 8 heteroatoms. The highest BCUT2D eigenvalue weighted by molar-refractivity contribution is 8.03. The maximum Gasteiger partial charge on any atom is 0.355 e. The van der Waals surface area contributed by atoms with E-state index < -0.39 is 0 Å². The third-order valence-corrected chi connectivity index (χ3v) is 8.16. The quantitative estimate of drug-likeness (QED) is 0.393. The number of fused-ring (bicyclic) bond motifs is 1. The first-order valence-electron chi connectivity index (χ1n) is 10.7. The highest BCUT2D eigenvalue weighted by Gasteiger charge is 2.52. The van der Waals surface area contributed by atoms with Gasteiger partial charge in [0, 0.05) is 54.0 Å². The Morgan fingerprint density at radius 2 is 2.07 bits per heavy atom. The van der Waals surface area contributed by atoms with Crippen LogP contribution in [0.15, 0.2) is 10.6 Å². The van der Waals surface area contributed by atoms with Crippen LogP contribution in [0.1, 0.15) is 40.5 Å². The Bertz CT molecular complexity index is 681. The number of amides is 1. The standard InChI is InChI=1S/C19H30N3O3S.C2H6O.CH4/c1-11-15-8-16(23)21(15)17(19(24)25-4)18(11)26-13-7-14(20-9-13)12-5-6-22(2,3)10-12;1-2-3;/h11-15,20H,5-10H2,1-4H3;3H,2H2,1H3;1H4/q+1;;. The Morgan fingerprint density at radius 3 is 2.60 bits per heavy atom. The van der Waals surface area contributed by atoms with Crippen LogP contribution in [0.3, 0.4) is 0 Å². The zero-order chi connectivity index (χ0) is 21.3. The molecule has 172 valence electrons. The molecule has 4 rings (SSSR count). The summed E-state index contributed by atoms with van der Waals surface area (Å²) in [6.07, 6.45) is 2.98. The van der Waals surface area contributed by atoms with E-state index in [9.17, 15) is 9.59 Å². The number of carbonyl (C=O) groups is 2. The number of esters is 1. The van der Waals surface area contributed by atoms with Gasteiger partial charge in [-0.25, -0.2) is 4.79 Å². The molecule has 3 fully saturated rings. The SMILES string of the molecule is C.CCO.COC(=O)C1=C(SC2CNC(C3CC[N+](C)(C)C3)C2)C(C)C2CC(=O)N12. The summed E-state index contributed by atoms with van der Waals surface area (Å²) < 4.78 is 6.10. The van der Waals surface area contributed by atoms with Crippen LogP contribution >= 0.6 is 11.8 Å². The van der Waals surface area contributed by atoms with Gasteiger partial charge in [0.25, 0.3) is 0 Å². The first-order valence-corrected chi connectivity index (χ1v) is 11.6. The minimum atomic E-state index is -0.368. The van der Waals surface area contributed by atoms with Crippen LogP contribution in [0.2, 0.25) is 0 Å². The second kappa shape index (κ2) is 10.0. The number of aliphatic hydroxyl groups is 1. The summed E-state index contributed by atoms with van der Waals surface area (Å²) in [5.74, 6) is 0.651. The van der Waals surface area contributed by atoms with Crippen molar-refractivity contribution in [2.24, 2.45) is 11.8 Å². The minimum absolute atomic E-state index is 0. The van der Waals surface area contributed by atoms with Gasteiger partial charge in [-0.15, -0.1) is 11.8 Å². The van der Waals surface area contributed by atoms with Gasteiger partial charge >= 0.3 is 5.97 Å². The highest BCUT2D eigenvalue weighted by atomic mass is 32.2. The molecule has 3 saturated heterocycles. The van der Waals surface area contributed by atoms with Crippen LogP contribution in [0.5, 0.6) is 0 Å². The number of carbonyl (C=O) groups excluding carboxylic acids is 2. The number of methoxy groups -OCH3 is 1. The summed E-state index contributed by atoms with van der Waals surface area (Å²) in [7, 11) is 6.03. The van der Waals surface area contributed by atoms with E-state index in [-0.39, 0.29) is 37.9 Å². The third-order valence-electron chi connectivity index (χ3n) is 6.65. The predicted molar refractivity (Wildman–Crippen MR) is 121 cm³/mol. The molecule has 5 unspecified atom stereocenters. The molecule has 30 heavy (non-hydrogen) atoms. The summed E-state index contributed by atoms with van der Waals surface area (Å²) in [6, 6.07) is 0.724. The number of quaternary nitrogens is 1. The molecule has 0 spiro atoms. The summed E-state index contributed by atoms with van der Waals surface area (Å²) in [4.78, 5) is 27.1. The minimum Gasteiger partial charge on any atom is -0.464 e. The van der Waals surface area contributed by atoms with E-state index >= 15 is 0 Å². The average molecular weight is 443 g/mol. The van der Waals surface area contributed by atoms with Gasteiger partial charge in [-0.1, -0.05) is 14.4 Å². The van der Waals surface area contributed by atoms with Crippen LogP contribution < -0.4 is 5.32 Å². The zero-order valence-corrected chi connectivity index (χ0v) is 19.1. The molecule has 0 bridgehead atoms. The predicted octanol–water partition coefficient (Wildman–Crippen LogP) is 1.82. The van der Waals surface area contributed by atoms with Gasteiger partial charge in [0.15, 0.2) is 0 Å². The summed E-state index contributed by atoms with van der Waals surface area (Å²) >= 11 is 1.80. The number of hydrogen-bond acceptors (Lipinski definition) is 6. The molecule has 0 aromatic heterocycles. The first-order chi connectivity index (χ1) is 13.7. The van der Waals surface area contributed by atoms with Crippen LogP contribution in [0.25, 0.3) is 0 Å². The Hall–Kier alpha value is -1.09. The van der Waals surface area contributed by atoms with Crippen LogP contribution in [0, 0.1) is 11.8 Å². The molecular formula is C22H40N3O4S+. The molecule has 4 heterocycles. The number of nitrogens with zero attached hydrogens (tertiary/aromatic N) is 2. The number of rotatable bonds is 4. The van der Waals surface area contributed by atoms with Crippen LogP contribution in [-0.2, 0) is 14.3 Å². The van der Waals surface area contributed by atoms with Crippen molar-refractivity contribution in [1.29, 1.82) is 0 Å². The normalized spacial score (nSPS) is 34.0. The van der Waals surface area contributed by atoms with Crippen molar-refractivity contribution in [3.63, 3.8) is 0 Å². The molecule has 0 radical (unpaired) electrons. The van der Waals surface area contributed by atoms with Gasteiger partial charge in [0.05, 0.1) is 40.3 Å². The van der Waals surface area contributed by atoms with E-state index in [1.807, 2.05) is 0 Å². The highest BCUT2D eigenvalue weighted by Crippen LogP contribution is 2.49. The summed E-state index contributed by atoms with van der Waals surface area (Å²) in [5.41, 5.74) is 0.508. The van der Waals surface area contributed by atoms with Crippen molar-refractivity contribution in [3.05, 3.63) is 10.6 Å². The molecule has 0 aromatic carbocycles. The van der Waals surface area contributed by atoms with E-state index in [0.717, 1.165) is 28.3 Å².